The minimum Gasteiger partial charge on any atom is -0.326 e. The van der Waals surface area contributed by atoms with E-state index < -0.39 is 32.3 Å². The second kappa shape index (κ2) is 8.11. The molecule has 0 bridgehead atoms. The zero-order valence-corrected chi connectivity index (χ0v) is 17.0. The standard InChI is InChI=1S/C19H15ClF3N3O3S/c1-30(28,29)25-15-11-26(10-12-6-3-2-4-7-12)17(24-18(15)27)13-8-5-9-14(16(13)20)19(21,22)23/h2-9,11,25H,10H2,1H3. The largest absolute Gasteiger partial charge is 0.417 e. The second-order valence-corrected chi connectivity index (χ2v) is 8.56. The summed E-state index contributed by atoms with van der Waals surface area (Å²) in [6.45, 7) is 0.106. The van der Waals surface area contributed by atoms with Crippen LogP contribution in [0.1, 0.15) is 11.1 Å². The Labute approximate surface area is 175 Å². The van der Waals surface area contributed by atoms with Gasteiger partial charge in [0.2, 0.25) is 10.0 Å². The topological polar surface area (TPSA) is 81.1 Å². The summed E-state index contributed by atoms with van der Waals surface area (Å²) >= 11 is 6.01. The molecule has 0 aliphatic carbocycles. The number of nitrogens with zero attached hydrogens (tertiary/aromatic N) is 2. The lowest BCUT2D eigenvalue weighted by Gasteiger charge is -2.17. The summed E-state index contributed by atoms with van der Waals surface area (Å²) in [4.78, 5) is 16.2. The molecule has 2 aromatic carbocycles. The van der Waals surface area contributed by atoms with E-state index >= 15 is 0 Å². The predicted octanol–water partition coefficient (Wildman–Crippen LogP) is 4.00. The van der Waals surface area contributed by atoms with Crippen molar-refractivity contribution in [2.45, 2.75) is 12.7 Å². The van der Waals surface area contributed by atoms with E-state index in [1.54, 1.807) is 30.3 Å². The van der Waals surface area contributed by atoms with Crippen molar-refractivity contribution < 1.29 is 21.6 Å². The maximum atomic E-state index is 13.3. The van der Waals surface area contributed by atoms with Crippen LogP contribution in [0.2, 0.25) is 5.02 Å². The maximum absolute atomic E-state index is 13.3. The van der Waals surface area contributed by atoms with E-state index in [9.17, 15) is 26.4 Å². The summed E-state index contributed by atoms with van der Waals surface area (Å²) in [5.41, 5.74) is -1.71. The second-order valence-electron chi connectivity index (χ2n) is 6.44. The van der Waals surface area contributed by atoms with Gasteiger partial charge in [0, 0.05) is 18.3 Å². The van der Waals surface area contributed by atoms with Gasteiger partial charge >= 0.3 is 6.18 Å². The minimum atomic E-state index is -4.70. The fourth-order valence-electron chi connectivity index (χ4n) is 2.80. The zero-order valence-electron chi connectivity index (χ0n) is 15.4. The normalized spacial score (nSPS) is 12.0. The lowest BCUT2D eigenvalue weighted by Crippen LogP contribution is -2.23. The number of hydrogen-bond donors (Lipinski definition) is 1. The van der Waals surface area contributed by atoms with Crippen LogP contribution in [0.25, 0.3) is 11.4 Å². The first kappa shape index (κ1) is 21.8. The van der Waals surface area contributed by atoms with Gasteiger partial charge in [0.15, 0.2) is 0 Å². The van der Waals surface area contributed by atoms with Crippen LogP contribution in [0.5, 0.6) is 0 Å². The number of anilines is 1. The van der Waals surface area contributed by atoms with Gasteiger partial charge in [-0.05, 0) is 17.7 Å². The Kier molecular flexibility index (Phi) is 5.91. The van der Waals surface area contributed by atoms with Gasteiger partial charge in [-0.1, -0.05) is 48.0 Å². The smallest absolute Gasteiger partial charge is 0.326 e. The highest BCUT2D eigenvalue weighted by Crippen LogP contribution is 2.39. The summed E-state index contributed by atoms with van der Waals surface area (Å²) in [6, 6.07) is 12.1. The van der Waals surface area contributed by atoms with Gasteiger partial charge in [-0.15, -0.1) is 0 Å². The molecule has 0 saturated carbocycles. The molecule has 0 amide bonds. The van der Waals surface area contributed by atoms with Crippen LogP contribution in [0.4, 0.5) is 18.9 Å². The van der Waals surface area contributed by atoms with E-state index in [-0.39, 0.29) is 23.6 Å². The molecule has 1 heterocycles. The van der Waals surface area contributed by atoms with Gasteiger partial charge in [-0.2, -0.15) is 18.2 Å². The Balaban J connectivity index is 2.23. The minimum absolute atomic E-state index is 0.106. The Morgan fingerprint density at radius 3 is 2.37 bits per heavy atom. The van der Waals surface area contributed by atoms with E-state index in [1.807, 2.05) is 0 Å². The Morgan fingerprint density at radius 2 is 1.77 bits per heavy atom. The van der Waals surface area contributed by atoms with Crippen molar-refractivity contribution in [1.82, 2.24) is 9.55 Å². The molecule has 1 N–H and O–H groups in total. The first-order valence-electron chi connectivity index (χ1n) is 8.45. The quantitative estimate of drug-likeness (QED) is 0.628. The lowest BCUT2D eigenvalue weighted by molar-refractivity contribution is -0.137. The fourth-order valence-corrected chi connectivity index (χ4v) is 3.66. The molecule has 3 rings (SSSR count). The number of sulfonamides is 1. The Morgan fingerprint density at radius 1 is 1.10 bits per heavy atom. The summed E-state index contributed by atoms with van der Waals surface area (Å²) in [5, 5.41) is -0.609. The van der Waals surface area contributed by atoms with Gasteiger partial charge < -0.3 is 4.57 Å². The van der Waals surface area contributed by atoms with Crippen LogP contribution < -0.4 is 10.3 Å². The van der Waals surface area contributed by atoms with Crippen molar-refractivity contribution in [1.29, 1.82) is 0 Å². The van der Waals surface area contributed by atoms with Crippen LogP contribution >= 0.6 is 11.6 Å². The number of aromatic nitrogens is 2. The summed E-state index contributed by atoms with van der Waals surface area (Å²) < 4.78 is 66.4. The van der Waals surface area contributed by atoms with Crippen molar-refractivity contribution in [3.05, 3.63) is 81.2 Å². The van der Waals surface area contributed by atoms with Gasteiger partial charge in [0.25, 0.3) is 5.56 Å². The van der Waals surface area contributed by atoms with Crippen molar-refractivity contribution in [2.75, 3.05) is 11.0 Å². The monoisotopic (exact) mass is 457 g/mol. The van der Waals surface area contributed by atoms with E-state index in [0.29, 0.717) is 0 Å². The van der Waals surface area contributed by atoms with E-state index in [4.69, 9.17) is 11.6 Å². The Bertz CT molecular complexity index is 1240. The predicted molar refractivity (Wildman–Crippen MR) is 108 cm³/mol. The molecule has 6 nitrogen and oxygen atoms in total. The third-order valence-electron chi connectivity index (χ3n) is 4.03. The molecule has 30 heavy (non-hydrogen) atoms. The first-order chi connectivity index (χ1) is 14.0. The molecule has 0 radical (unpaired) electrons. The van der Waals surface area contributed by atoms with Crippen molar-refractivity contribution in [3.63, 3.8) is 0 Å². The molecule has 3 aromatic rings. The molecule has 0 saturated heterocycles. The van der Waals surface area contributed by atoms with Crippen LogP contribution in [0, 0.1) is 0 Å². The Hall–Kier alpha value is -2.85. The van der Waals surface area contributed by atoms with E-state index in [1.165, 1.54) is 16.8 Å². The summed E-state index contributed by atoms with van der Waals surface area (Å²) in [7, 11) is -3.78. The molecule has 0 aliphatic rings. The fraction of sp³-hybridized carbons (Fsp3) is 0.158. The van der Waals surface area contributed by atoms with Crippen LogP contribution in [0.15, 0.2) is 59.5 Å². The third kappa shape index (κ3) is 5.00. The SMILES string of the molecule is CS(=O)(=O)Nc1cn(Cc2ccccc2)c(-c2cccc(C(F)(F)F)c2Cl)nc1=O. The molecular formula is C19H15ClF3N3O3S. The van der Waals surface area contributed by atoms with Gasteiger partial charge in [-0.25, -0.2) is 8.42 Å². The number of nitrogens with one attached hydrogen (secondary N) is 1. The number of rotatable bonds is 5. The molecular weight excluding hydrogens is 443 g/mol. The van der Waals surface area contributed by atoms with Crippen LogP contribution in [0.3, 0.4) is 0 Å². The van der Waals surface area contributed by atoms with Crippen LogP contribution in [-0.4, -0.2) is 24.2 Å². The van der Waals surface area contributed by atoms with E-state index in [0.717, 1.165) is 24.0 Å². The van der Waals surface area contributed by atoms with E-state index in [2.05, 4.69) is 9.71 Å². The average molecular weight is 458 g/mol. The van der Waals surface area contributed by atoms with Gasteiger partial charge in [0.05, 0.1) is 16.8 Å². The van der Waals surface area contributed by atoms with Crippen LogP contribution in [-0.2, 0) is 22.7 Å². The molecule has 158 valence electrons. The van der Waals surface area contributed by atoms with Crippen molar-refractivity contribution >= 4 is 27.3 Å². The first-order valence-corrected chi connectivity index (χ1v) is 10.7. The number of alkyl halides is 3. The summed E-state index contributed by atoms with van der Waals surface area (Å²) in [6.07, 6.45) is -2.64. The highest BCUT2D eigenvalue weighted by Gasteiger charge is 2.34. The number of halogens is 4. The molecule has 0 fully saturated rings. The highest BCUT2D eigenvalue weighted by atomic mass is 35.5. The highest BCUT2D eigenvalue weighted by molar-refractivity contribution is 7.92. The molecule has 0 unspecified atom stereocenters. The van der Waals surface area contributed by atoms with Gasteiger partial charge in [0.1, 0.15) is 11.5 Å². The molecule has 11 heteroatoms. The van der Waals surface area contributed by atoms with Gasteiger partial charge in [-0.3, -0.25) is 9.52 Å². The third-order valence-corrected chi connectivity index (χ3v) is 5.03. The van der Waals surface area contributed by atoms with Crippen molar-refractivity contribution in [3.8, 4) is 11.4 Å². The number of hydrogen-bond acceptors (Lipinski definition) is 4. The number of benzene rings is 2. The summed E-state index contributed by atoms with van der Waals surface area (Å²) in [5.74, 6) is -0.126. The lowest BCUT2D eigenvalue weighted by atomic mass is 10.1. The molecule has 1 aromatic heterocycles. The molecule has 0 aliphatic heterocycles. The molecule has 0 atom stereocenters. The average Bonchev–Trinajstić information content (AvgIpc) is 2.63. The zero-order chi connectivity index (χ0) is 22.1. The maximum Gasteiger partial charge on any atom is 0.417 e. The van der Waals surface area contributed by atoms with Crippen molar-refractivity contribution in [2.24, 2.45) is 0 Å². The molecule has 0 spiro atoms.